The fraction of sp³-hybridized carbons (Fsp3) is 0.286. The molecule has 2 N–H and O–H groups in total. The van der Waals surface area contributed by atoms with E-state index in [2.05, 4.69) is 9.97 Å². The number of ether oxygens (including phenoxy) is 2. The molecule has 2 aromatic rings. The first kappa shape index (κ1) is 15.9. The molecule has 0 aliphatic rings. The predicted molar refractivity (Wildman–Crippen MR) is 73.3 cm³/mol. The minimum Gasteiger partial charge on any atom is -0.496 e. The molecule has 0 saturated heterocycles. The van der Waals surface area contributed by atoms with Crippen molar-refractivity contribution < 1.29 is 22.6 Å². The third-order valence-corrected chi connectivity index (χ3v) is 2.85. The lowest BCUT2D eigenvalue weighted by Crippen LogP contribution is -2.10. The lowest BCUT2D eigenvalue weighted by Gasteiger charge is -2.16. The van der Waals surface area contributed by atoms with Gasteiger partial charge in [0.15, 0.2) is 11.6 Å². The summed E-state index contributed by atoms with van der Waals surface area (Å²) in [5.74, 6) is -4.08. The summed E-state index contributed by atoms with van der Waals surface area (Å²) in [5.41, 5.74) is 5.49. The highest BCUT2D eigenvalue weighted by Crippen LogP contribution is 2.35. The Bertz CT molecular complexity index is 675. The van der Waals surface area contributed by atoms with Gasteiger partial charge in [0, 0.05) is 6.92 Å². The van der Waals surface area contributed by atoms with Crippen LogP contribution in [0.4, 0.5) is 19.0 Å². The highest BCUT2D eigenvalue weighted by molar-refractivity contribution is 5.40. The number of rotatable bonds is 5. The maximum atomic E-state index is 13.5. The fourth-order valence-corrected chi connectivity index (χ4v) is 1.77. The first-order chi connectivity index (χ1) is 10.3. The second-order valence-corrected chi connectivity index (χ2v) is 4.60. The van der Waals surface area contributed by atoms with Crippen LogP contribution in [0.15, 0.2) is 24.4 Å². The highest BCUT2D eigenvalue weighted by atomic mass is 19.3. The molecule has 5 nitrogen and oxygen atoms in total. The maximum Gasteiger partial charge on any atom is 0.318 e. The van der Waals surface area contributed by atoms with Crippen LogP contribution in [-0.2, 0) is 12.5 Å². The van der Waals surface area contributed by atoms with E-state index in [-0.39, 0.29) is 29.7 Å². The number of methoxy groups -OCH3 is 1. The average Bonchev–Trinajstić information content (AvgIpc) is 2.47. The number of nitrogen functional groups attached to an aromatic ring is 1. The Labute approximate surface area is 124 Å². The highest BCUT2D eigenvalue weighted by Gasteiger charge is 2.28. The summed E-state index contributed by atoms with van der Waals surface area (Å²) in [5, 5.41) is 0. The first-order valence-corrected chi connectivity index (χ1v) is 6.27. The van der Waals surface area contributed by atoms with E-state index in [1.807, 2.05) is 0 Å². The number of nitrogens with zero attached hydrogens (tertiary/aromatic N) is 2. The van der Waals surface area contributed by atoms with E-state index in [0.717, 1.165) is 13.1 Å². The van der Waals surface area contributed by atoms with Crippen LogP contribution in [0, 0.1) is 5.82 Å². The molecule has 22 heavy (non-hydrogen) atoms. The van der Waals surface area contributed by atoms with Gasteiger partial charge in [0.2, 0.25) is 0 Å². The minimum absolute atomic E-state index is 0.0713. The zero-order valence-corrected chi connectivity index (χ0v) is 11.9. The lowest BCUT2D eigenvalue weighted by molar-refractivity contribution is 0.0149. The Morgan fingerprint density at radius 1 is 1.32 bits per heavy atom. The summed E-state index contributed by atoms with van der Waals surface area (Å²) in [4.78, 5) is 7.19. The van der Waals surface area contributed by atoms with E-state index in [1.165, 1.54) is 19.2 Å². The van der Waals surface area contributed by atoms with Crippen molar-refractivity contribution in [2.24, 2.45) is 0 Å². The van der Waals surface area contributed by atoms with Crippen LogP contribution in [0.1, 0.15) is 18.1 Å². The molecule has 0 fully saturated rings. The summed E-state index contributed by atoms with van der Waals surface area (Å²) >= 11 is 0. The van der Waals surface area contributed by atoms with Gasteiger partial charge in [-0.15, -0.1) is 0 Å². The van der Waals surface area contributed by atoms with Crippen LogP contribution in [0.2, 0.25) is 0 Å². The van der Waals surface area contributed by atoms with E-state index in [9.17, 15) is 13.2 Å². The Morgan fingerprint density at radius 3 is 2.64 bits per heavy atom. The molecule has 0 saturated carbocycles. The van der Waals surface area contributed by atoms with Crippen molar-refractivity contribution in [2.45, 2.75) is 19.5 Å². The topological polar surface area (TPSA) is 70.3 Å². The quantitative estimate of drug-likeness (QED) is 0.919. The van der Waals surface area contributed by atoms with Crippen molar-refractivity contribution in [1.29, 1.82) is 0 Å². The molecule has 0 unspecified atom stereocenters. The number of anilines is 1. The van der Waals surface area contributed by atoms with Crippen molar-refractivity contribution in [1.82, 2.24) is 9.97 Å². The lowest BCUT2D eigenvalue weighted by atomic mass is 10.1. The molecule has 1 aromatic heterocycles. The molecule has 0 atom stereocenters. The third-order valence-electron chi connectivity index (χ3n) is 2.85. The number of hydrogen-bond donors (Lipinski definition) is 1. The van der Waals surface area contributed by atoms with Crippen LogP contribution in [0.3, 0.4) is 0 Å². The van der Waals surface area contributed by atoms with E-state index in [4.69, 9.17) is 15.2 Å². The van der Waals surface area contributed by atoms with Gasteiger partial charge in [-0.25, -0.2) is 18.2 Å². The van der Waals surface area contributed by atoms with Crippen molar-refractivity contribution in [3.63, 3.8) is 0 Å². The van der Waals surface area contributed by atoms with Crippen LogP contribution < -0.4 is 15.2 Å². The van der Waals surface area contributed by atoms with Crippen LogP contribution in [-0.4, -0.2) is 17.1 Å². The monoisotopic (exact) mass is 313 g/mol. The smallest absolute Gasteiger partial charge is 0.318 e. The van der Waals surface area contributed by atoms with Gasteiger partial charge in [-0.2, -0.15) is 4.98 Å². The van der Waals surface area contributed by atoms with Crippen LogP contribution in [0.25, 0.3) is 0 Å². The summed E-state index contributed by atoms with van der Waals surface area (Å²) in [6, 6.07) is 4.12. The van der Waals surface area contributed by atoms with E-state index in [1.54, 1.807) is 6.07 Å². The molecule has 0 spiro atoms. The molecule has 0 aliphatic heterocycles. The number of aromatic nitrogens is 2. The molecule has 0 bridgehead atoms. The summed E-state index contributed by atoms with van der Waals surface area (Å²) in [6.07, 6.45) is 0.872. The maximum absolute atomic E-state index is 13.5. The van der Waals surface area contributed by atoms with Gasteiger partial charge in [-0.1, -0.05) is 6.07 Å². The number of halogens is 3. The molecular formula is C14H14F3N3O2. The fourth-order valence-electron chi connectivity index (χ4n) is 1.77. The second-order valence-electron chi connectivity index (χ2n) is 4.60. The SMILES string of the molecule is COc1ccc(COc2ncc(F)c(N)n2)cc1C(C)(F)F. The number of alkyl halides is 2. The van der Waals surface area contributed by atoms with Crippen molar-refractivity contribution in [3.8, 4) is 11.8 Å². The van der Waals surface area contributed by atoms with E-state index >= 15 is 0 Å². The molecule has 2 rings (SSSR count). The summed E-state index contributed by atoms with van der Waals surface area (Å²) in [7, 11) is 1.32. The van der Waals surface area contributed by atoms with Gasteiger partial charge in [0.25, 0.3) is 5.92 Å². The van der Waals surface area contributed by atoms with E-state index in [0.29, 0.717) is 5.56 Å². The Balaban J connectivity index is 2.18. The largest absolute Gasteiger partial charge is 0.496 e. The van der Waals surface area contributed by atoms with Crippen molar-refractivity contribution in [3.05, 3.63) is 41.3 Å². The van der Waals surface area contributed by atoms with Gasteiger partial charge in [0.1, 0.15) is 12.4 Å². The Morgan fingerprint density at radius 2 is 2.05 bits per heavy atom. The van der Waals surface area contributed by atoms with Gasteiger partial charge in [0.05, 0.1) is 18.9 Å². The van der Waals surface area contributed by atoms with E-state index < -0.39 is 11.7 Å². The standard InChI is InChI=1S/C14H14F3N3O2/c1-14(16,17)9-5-8(3-4-11(9)21-2)7-22-13-19-6-10(15)12(18)20-13/h3-6H,7H2,1-2H3,(H2,18,19,20). The minimum atomic E-state index is -3.06. The number of hydrogen-bond acceptors (Lipinski definition) is 5. The van der Waals surface area contributed by atoms with Gasteiger partial charge >= 0.3 is 6.01 Å². The molecule has 1 aromatic carbocycles. The van der Waals surface area contributed by atoms with Gasteiger partial charge in [-0.05, 0) is 17.7 Å². The average molecular weight is 313 g/mol. The summed E-state index contributed by atoms with van der Waals surface area (Å²) in [6.45, 7) is 0.706. The molecule has 8 heteroatoms. The van der Waals surface area contributed by atoms with Crippen LogP contribution in [0.5, 0.6) is 11.8 Å². The second kappa shape index (κ2) is 6.08. The third kappa shape index (κ3) is 3.57. The molecule has 118 valence electrons. The zero-order chi connectivity index (χ0) is 16.3. The van der Waals surface area contributed by atoms with Crippen molar-refractivity contribution >= 4 is 5.82 Å². The molecule has 0 aliphatic carbocycles. The first-order valence-electron chi connectivity index (χ1n) is 6.27. The molecular weight excluding hydrogens is 299 g/mol. The molecule has 0 amide bonds. The molecule has 1 heterocycles. The van der Waals surface area contributed by atoms with Gasteiger partial charge < -0.3 is 15.2 Å². The predicted octanol–water partition coefficient (Wildman–Crippen LogP) is 2.90. The Kier molecular flexibility index (Phi) is 4.39. The van der Waals surface area contributed by atoms with Crippen LogP contribution >= 0.6 is 0 Å². The number of nitrogens with two attached hydrogens (primary N) is 1. The normalized spacial score (nSPS) is 11.3. The van der Waals surface area contributed by atoms with Gasteiger partial charge in [-0.3, -0.25) is 0 Å². The zero-order valence-electron chi connectivity index (χ0n) is 11.9. The summed E-state index contributed by atoms with van der Waals surface area (Å²) < 4.78 is 50.1. The van der Waals surface area contributed by atoms with Crippen molar-refractivity contribution in [2.75, 3.05) is 12.8 Å². The number of benzene rings is 1. The Hall–Kier alpha value is -2.51. The molecule has 0 radical (unpaired) electrons.